The maximum atomic E-state index is 12.9. The van der Waals surface area contributed by atoms with Crippen LogP contribution in [-0.4, -0.2) is 25.5 Å². The van der Waals surface area contributed by atoms with E-state index >= 15 is 0 Å². The lowest BCUT2D eigenvalue weighted by Crippen LogP contribution is -2.35. The van der Waals surface area contributed by atoms with E-state index in [1.807, 2.05) is 12.1 Å². The molecule has 0 spiro atoms. The number of hydrogen-bond donors (Lipinski definition) is 2. The Balaban J connectivity index is 1.58. The molecule has 132 valence electrons. The van der Waals surface area contributed by atoms with Crippen LogP contribution in [0, 0.1) is 11.7 Å². The van der Waals surface area contributed by atoms with E-state index in [9.17, 15) is 9.18 Å². The Morgan fingerprint density at radius 3 is 2.60 bits per heavy atom. The first kappa shape index (κ1) is 18.2. The van der Waals surface area contributed by atoms with Crippen molar-refractivity contribution >= 4 is 29.1 Å². The summed E-state index contributed by atoms with van der Waals surface area (Å²) in [7, 11) is 0. The van der Waals surface area contributed by atoms with E-state index < -0.39 is 0 Å². The standard InChI is InChI=1S/C19H19Cl2FN2O/c20-17-6-3-13(9-18(17)21)15-10-23-11-16(15)19(25)24-8-7-12-1-4-14(22)5-2-12/h1-6,9,15-16,23H,7-8,10-11H2,(H,24,25)/t15-,16+/m0/s1. The normalized spacial score (nSPS) is 19.8. The summed E-state index contributed by atoms with van der Waals surface area (Å²) in [4.78, 5) is 12.6. The number of amides is 1. The molecule has 2 aromatic carbocycles. The summed E-state index contributed by atoms with van der Waals surface area (Å²) in [5.74, 6) is -0.316. The smallest absolute Gasteiger partial charge is 0.225 e. The number of hydrogen-bond acceptors (Lipinski definition) is 2. The maximum absolute atomic E-state index is 12.9. The van der Waals surface area contributed by atoms with Crippen LogP contribution in [0.25, 0.3) is 0 Å². The zero-order valence-electron chi connectivity index (χ0n) is 13.6. The third-order valence-electron chi connectivity index (χ3n) is 4.55. The molecule has 0 aliphatic carbocycles. The highest BCUT2D eigenvalue weighted by Crippen LogP contribution is 2.32. The van der Waals surface area contributed by atoms with Crippen molar-refractivity contribution in [3.05, 3.63) is 69.5 Å². The molecule has 2 atom stereocenters. The molecule has 1 aliphatic heterocycles. The summed E-state index contributed by atoms with van der Waals surface area (Å²) >= 11 is 12.1. The van der Waals surface area contributed by atoms with Crippen LogP contribution >= 0.6 is 23.2 Å². The molecule has 1 saturated heterocycles. The number of carbonyl (C=O) groups excluding carboxylic acids is 1. The van der Waals surface area contributed by atoms with Crippen LogP contribution in [0.2, 0.25) is 10.0 Å². The molecule has 25 heavy (non-hydrogen) atoms. The van der Waals surface area contributed by atoms with Gasteiger partial charge in [0.15, 0.2) is 0 Å². The number of carbonyl (C=O) groups is 1. The van der Waals surface area contributed by atoms with Crippen molar-refractivity contribution in [2.24, 2.45) is 5.92 Å². The van der Waals surface area contributed by atoms with Gasteiger partial charge in [0.25, 0.3) is 0 Å². The summed E-state index contributed by atoms with van der Waals surface area (Å²) < 4.78 is 12.9. The highest BCUT2D eigenvalue weighted by molar-refractivity contribution is 6.42. The summed E-state index contributed by atoms with van der Waals surface area (Å²) in [6, 6.07) is 11.8. The van der Waals surface area contributed by atoms with E-state index in [0.29, 0.717) is 29.6 Å². The molecule has 3 nitrogen and oxygen atoms in total. The Bertz CT molecular complexity index is 752. The van der Waals surface area contributed by atoms with E-state index in [2.05, 4.69) is 10.6 Å². The summed E-state index contributed by atoms with van der Waals surface area (Å²) in [5, 5.41) is 7.27. The van der Waals surface area contributed by atoms with Crippen molar-refractivity contribution < 1.29 is 9.18 Å². The monoisotopic (exact) mass is 380 g/mol. The van der Waals surface area contributed by atoms with E-state index in [-0.39, 0.29) is 23.6 Å². The van der Waals surface area contributed by atoms with E-state index in [0.717, 1.165) is 17.7 Å². The van der Waals surface area contributed by atoms with Gasteiger partial charge in [-0.15, -0.1) is 0 Å². The molecular formula is C19H19Cl2FN2O. The van der Waals surface area contributed by atoms with Crippen molar-refractivity contribution in [3.8, 4) is 0 Å². The second-order valence-corrected chi connectivity index (χ2v) is 7.03. The van der Waals surface area contributed by atoms with Crippen LogP contribution in [0.15, 0.2) is 42.5 Å². The van der Waals surface area contributed by atoms with Crippen molar-refractivity contribution in [2.75, 3.05) is 19.6 Å². The lowest BCUT2D eigenvalue weighted by Gasteiger charge is -2.19. The zero-order chi connectivity index (χ0) is 17.8. The van der Waals surface area contributed by atoms with Gasteiger partial charge >= 0.3 is 0 Å². The minimum Gasteiger partial charge on any atom is -0.355 e. The highest BCUT2D eigenvalue weighted by Gasteiger charge is 2.33. The minimum atomic E-state index is -0.255. The van der Waals surface area contributed by atoms with E-state index in [1.165, 1.54) is 12.1 Å². The van der Waals surface area contributed by atoms with Gasteiger partial charge < -0.3 is 10.6 Å². The first-order chi connectivity index (χ1) is 12.0. The Kier molecular flexibility index (Phi) is 5.94. The van der Waals surface area contributed by atoms with E-state index in [4.69, 9.17) is 23.2 Å². The van der Waals surface area contributed by atoms with Crippen LogP contribution in [0.5, 0.6) is 0 Å². The molecule has 3 rings (SSSR count). The lowest BCUT2D eigenvalue weighted by atomic mass is 9.88. The van der Waals surface area contributed by atoms with E-state index in [1.54, 1.807) is 18.2 Å². The average molecular weight is 381 g/mol. The molecule has 0 unspecified atom stereocenters. The predicted octanol–water partition coefficient (Wildman–Crippen LogP) is 3.79. The van der Waals surface area contributed by atoms with Crippen LogP contribution in [0.3, 0.4) is 0 Å². The van der Waals surface area contributed by atoms with Gasteiger partial charge in [-0.25, -0.2) is 4.39 Å². The minimum absolute atomic E-state index is 0.0168. The summed E-state index contributed by atoms with van der Waals surface area (Å²) in [5.41, 5.74) is 2.00. The van der Waals surface area contributed by atoms with Gasteiger partial charge in [-0.2, -0.15) is 0 Å². The van der Waals surface area contributed by atoms with Crippen LogP contribution in [0.4, 0.5) is 4.39 Å². The topological polar surface area (TPSA) is 41.1 Å². The van der Waals surface area contributed by atoms with Crippen LogP contribution in [0.1, 0.15) is 17.0 Å². The fourth-order valence-corrected chi connectivity index (χ4v) is 3.47. The fraction of sp³-hybridized carbons (Fsp3) is 0.316. The molecule has 6 heteroatoms. The van der Waals surface area contributed by atoms with Crippen LogP contribution in [-0.2, 0) is 11.2 Å². The van der Waals surface area contributed by atoms with Crippen molar-refractivity contribution in [1.29, 1.82) is 0 Å². The van der Waals surface area contributed by atoms with Crippen LogP contribution < -0.4 is 10.6 Å². The first-order valence-electron chi connectivity index (χ1n) is 8.22. The fourth-order valence-electron chi connectivity index (χ4n) is 3.16. The number of rotatable bonds is 5. The third-order valence-corrected chi connectivity index (χ3v) is 5.29. The molecule has 0 bridgehead atoms. The molecule has 1 heterocycles. The predicted molar refractivity (Wildman–Crippen MR) is 98.7 cm³/mol. The average Bonchev–Trinajstić information content (AvgIpc) is 3.09. The lowest BCUT2D eigenvalue weighted by molar-refractivity contribution is -0.124. The number of halogens is 3. The first-order valence-corrected chi connectivity index (χ1v) is 8.98. The Hall–Kier alpha value is -1.62. The molecule has 1 aliphatic rings. The van der Waals surface area contributed by atoms with Crippen molar-refractivity contribution in [2.45, 2.75) is 12.3 Å². The summed E-state index contributed by atoms with van der Waals surface area (Å²) in [6.45, 7) is 1.89. The van der Waals surface area contributed by atoms with Gasteiger partial charge in [0.2, 0.25) is 5.91 Å². The van der Waals surface area contributed by atoms with Gasteiger partial charge in [-0.1, -0.05) is 41.4 Å². The third kappa shape index (κ3) is 4.51. The molecule has 0 aromatic heterocycles. The number of benzene rings is 2. The second kappa shape index (κ2) is 8.17. The molecule has 1 amide bonds. The van der Waals surface area contributed by atoms with Crippen molar-refractivity contribution in [3.63, 3.8) is 0 Å². The zero-order valence-corrected chi connectivity index (χ0v) is 15.1. The maximum Gasteiger partial charge on any atom is 0.225 e. The largest absolute Gasteiger partial charge is 0.355 e. The summed E-state index contributed by atoms with van der Waals surface area (Å²) in [6.07, 6.45) is 0.670. The molecule has 2 N–H and O–H groups in total. The molecule has 0 saturated carbocycles. The molecular weight excluding hydrogens is 362 g/mol. The Labute approximate surface area is 156 Å². The van der Waals surface area contributed by atoms with Gasteiger partial charge in [0, 0.05) is 25.6 Å². The second-order valence-electron chi connectivity index (χ2n) is 6.21. The number of nitrogens with one attached hydrogen (secondary N) is 2. The Morgan fingerprint density at radius 1 is 1.12 bits per heavy atom. The molecule has 2 aromatic rings. The molecule has 1 fully saturated rings. The van der Waals surface area contributed by atoms with Crippen molar-refractivity contribution in [1.82, 2.24) is 10.6 Å². The molecule has 0 radical (unpaired) electrons. The Morgan fingerprint density at radius 2 is 1.88 bits per heavy atom. The van der Waals surface area contributed by atoms with Gasteiger partial charge in [0.05, 0.1) is 16.0 Å². The SMILES string of the molecule is O=C(NCCc1ccc(F)cc1)[C@@H]1CNC[C@H]1c1ccc(Cl)c(Cl)c1. The van der Waals surface area contributed by atoms with Gasteiger partial charge in [-0.3, -0.25) is 4.79 Å². The quantitative estimate of drug-likeness (QED) is 0.828. The van der Waals surface area contributed by atoms with Gasteiger partial charge in [0.1, 0.15) is 5.82 Å². The van der Waals surface area contributed by atoms with Gasteiger partial charge in [-0.05, 0) is 41.8 Å². The highest BCUT2D eigenvalue weighted by atomic mass is 35.5.